The minimum absolute atomic E-state index is 0.00295. The summed E-state index contributed by atoms with van der Waals surface area (Å²) in [4.78, 5) is 97.2. The highest BCUT2D eigenvalue weighted by Gasteiger charge is 2.34. The molecular weight excluding hydrogens is 822 g/mol. The number of hydroxylamine groups is 2. The van der Waals surface area contributed by atoms with Gasteiger partial charge >= 0.3 is 26.0 Å². The second-order valence-corrected chi connectivity index (χ2v) is 16.2. The lowest BCUT2D eigenvalue weighted by Gasteiger charge is -2.20. The van der Waals surface area contributed by atoms with Gasteiger partial charge in [0.1, 0.15) is 25.9 Å². The smallest absolute Gasteiger partial charge is 0.467 e. The van der Waals surface area contributed by atoms with Crippen molar-refractivity contribution in [3.63, 3.8) is 0 Å². The Bertz CT molecular complexity index is 1990. The van der Waals surface area contributed by atoms with Crippen LogP contribution in [-0.2, 0) is 65.1 Å². The number of ether oxygens (including phenoxy) is 4. The van der Waals surface area contributed by atoms with Crippen molar-refractivity contribution in [3.8, 4) is 11.1 Å². The summed E-state index contributed by atoms with van der Waals surface area (Å²) in [6, 6.07) is 19.6. The average molecular weight is 862 g/mol. The molecule has 3 aromatic carbocycles. The molecule has 2 aliphatic rings. The van der Waals surface area contributed by atoms with E-state index in [1.54, 1.807) is 18.2 Å². The Hall–Kier alpha value is -4.95. The van der Waals surface area contributed by atoms with Gasteiger partial charge in [0, 0.05) is 36.0 Å². The third kappa shape index (κ3) is 12.8. The number of hydrogen-bond acceptors (Lipinski definition) is 15. The van der Waals surface area contributed by atoms with Crippen LogP contribution < -0.4 is 10.6 Å². The highest BCUT2D eigenvalue weighted by molar-refractivity contribution is 8.76. The third-order valence-electron chi connectivity index (χ3n) is 8.61. The molecule has 1 fully saturated rings. The van der Waals surface area contributed by atoms with Crippen molar-refractivity contribution in [2.24, 2.45) is 0 Å². The molecule has 1 saturated heterocycles. The molecule has 0 bridgehead atoms. The summed E-state index contributed by atoms with van der Waals surface area (Å²) in [5.41, 5.74) is 5.30. The first-order valence-electron chi connectivity index (χ1n) is 17.7. The first kappa shape index (κ1) is 44.2. The molecule has 4 N–H and O–H groups in total. The Balaban J connectivity index is 1.22. The van der Waals surface area contributed by atoms with E-state index in [0.717, 1.165) is 22.3 Å². The number of esters is 1. The molecule has 1 heterocycles. The number of phosphoric ester groups is 1. The molecule has 1 aliphatic heterocycles. The SMILES string of the molecule is COC(=O)COCCc1cc(COC(=O)ON2C(=O)CCC2=O)ccc1SSCC(NC(=O)OCC1c2ccccc2-c2ccccc21)C(=O)NCCOP(=O)(O)O. The molecule has 18 nitrogen and oxygen atoms in total. The zero-order chi connectivity index (χ0) is 41.7. The van der Waals surface area contributed by atoms with Crippen molar-refractivity contribution in [1.29, 1.82) is 0 Å². The van der Waals surface area contributed by atoms with E-state index in [1.807, 2.05) is 48.5 Å². The molecule has 0 radical (unpaired) electrons. The molecular formula is C37H40N3O15PS2. The van der Waals surface area contributed by atoms with Gasteiger partial charge in [-0.05, 0) is 45.9 Å². The number of rotatable bonds is 20. The van der Waals surface area contributed by atoms with Gasteiger partial charge < -0.3 is 39.4 Å². The number of fused-ring (bicyclic) bond motifs is 3. The number of phosphoric acid groups is 1. The lowest BCUT2D eigenvalue weighted by Crippen LogP contribution is -2.49. The first-order chi connectivity index (χ1) is 27.8. The van der Waals surface area contributed by atoms with Crippen molar-refractivity contribution in [3.05, 3.63) is 89.0 Å². The molecule has 58 heavy (non-hydrogen) atoms. The molecule has 1 aliphatic carbocycles. The van der Waals surface area contributed by atoms with Crippen LogP contribution in [0, 0.1) is 0 Å². The van der Waals surface area contributed by atoms with Crippen LogP contribution in [0.2, 0.25) is 0 Å². The van der Waals surface area contributed by atoms with Gasteiger partial charge in [-0.1, -0.05) is 87.3 Å². The predicted molar refractivity (Wildman–Crippen MR) is 207 cm³/mol. The van der Waals surface area contributed by atoms with E-state index in [-0.39, 0.29) is 63.9 Å². The standard InChI is InChI=1S/C37H40N3O15PS2/c1-50-34(43)21-51-16-14-24-18-23(19-53-37(46)55-40-32(41)12-13-33(40)42)10-11-31(24)58-57-22-30(35(44)38-15-17-54-56(47,48)49)39-36(45)52-20-29-27-8-4-2-6-25(27)26-7-3-5-9-28(26)29/h2-11,18,29-30H,12-17,19-22H2,1H3,(H,38,44)(H,39,45)(H2,47,48,49). The van der Waals surface area contributed by atoms with E-state index in [1.165, 1.54) is 28.7 Å². The number of benzene rings is 3. The maximum Gasteiger partial charge on any atom is 0.534 e. The number of amides is 4. The number of carbonyl (C=O) groups is 6. The van der Waals surface area contributed by atoms with Crippen LogP contribution in [0.4, 0.5) is 9.59 Å². The largest absolute Gasteiger partial charge is 0.534 e. The lowest BCUT2D eigenvalue weighted by atomic mass is 9.98. The summed E-state index contributed by atoms with van der Waals surface area (Å²) in [6.45, 7) is -1.21. The maximum absolute atomic E-state index is 13.3. The molecule has 0 aromatic heterocycles. The molecule has 0 saturated carbocycles. The van der Waals surface area contributed by atoms with Crippen LogP contribution in [-0.4, -0.2) is 103 Å². The topological polar surface area (TPSA) is 243 Å². The summed E-state index contributed by atoms with van der Waals surface area (Å²) in [6.07, 6.45) is -1.96. The minimum Gasteiger partial charge on any atom is -0.467 e. The lowest BCUT2D eigenvalue weighted by molar-refractivity contribution is -0.177. The van der Waals surface area contributed by atoms with Gasteiger partial charge in [0.05, 0.1) is 20.3 Å². The maximum atomic E-state index is 13.3. The van der Waals surface area contributed by atoms with Gasteiger partial charge in [-0.2, -0.15) is 0 Å². The molecule has 1 unspecified atom stereocenters. The third-order valence-corrected chi connectivity index (χ3v) is 11.6. The predicted octanol–water partition coefficient (Wildman–Crippen LogP) is 4.01. The highest BCUT2D eigenvalue weighted by Crippen LogP contribution is 2.44. The second-order valence-electron chi connectivity index (χ2n) is 12.5. The summed E-state index contributed by atoms with van der Waals surface area (Å²) >= 11 is 0. The fourth-order valence-electron chi connectivity index (χ4n) is 5.89. The molecule has 310 valence electrons. The van der Waals surface area contributed by atoms with Gasteiger partial charge in [0.15, 0.2) is 0 Å². The van der Waals surface area contributed by atoms with Crippen molar-refractivity contribution in [2.45, 2.75) is 42.7 Å². The number of alkyl carbamates (subject to hydrolysis) is 1. The van der Waals surface area contributed by atoms with Gasteiger partial charge in [-0.25, -0.2) is 18.9 Å². The molecule has 5 rings (SSSR count). The van der Waals surface area contributed by atoms with Crippen LogP contribution in [0.25, 0.3) is 11.1 Å². The van der Waals surface area contributed by atoms with Crippen molar-refractivity contribution < 1.29 is 71.4 Å². The average Bonchev–Trinajstić information content (AvgIpc) is 3.70. The molecule has 0 spiro atoms. The van der Waals surface area contributed by atoms with Crippen LogP contribution in [0.5, 0.6) is 0 Å². The quantitative estimate of drug-likeness (QED) is 0.0313. The van der Waals surface area contributed by atoms with E-state index < -0.39 is 56.4 Å². The molecule has 3 aromatic rings. The Morgan fingerprint density at radius 1 is 0.931 bits per heavy atom. The normalized spacial score (nSPS) is 14.0. The molecule has 21 heteroatoms. The Morgan fingerprint density at radius 2 is 1.60 bits per heavy atom. The van der Waals surface area contributed by atoms with E-state index in [0.29, 0.717) is 21.1 Å². The van der Waals surface area contributed by atoms with Gasteiger partial charge in [0.25, 0.3) is 11.8 Å². The Kier molecular flexibility index (Phi) is 16.1. The zero-order valence-electron chi connectivity index (χ0n) is 31.0. The number of carbonyl (C=O) groups excluding carboxylic acids is 6. The number of imide groups is 1. The summed E-state index contributed by atoms with van der Waals surface area (Å²) in [5.74, 6) is -2.77. The zero-order valence-corrected chi connectivity index (χ0v) is 33.5. The number of nitrogens with one attached hydrogen (secondary N) is 2. The van der Waals surface area contributed by atoms with Gasteiger partial charge in [0.2, 0.25) is 5.91 Å². The fourth-order valence-corrected chi connectivity index (χ4v) is 8.66. The summed E-state index contributed by atoms with van der Waals surface area (Å²) in [5, 5.41) is 5.48. The molecule has 4 amide bonds. The van der Waals surface area contributed by atoms with Crippen LogP contribution >= 0.6 is 29.4 Å². The van der Waals surface area contributed by atoms with E-state index in [9.17, 15) is 33.3 Å². The Morgan fingerprint density at radius 3 is 2.26 bits per heavy atom. The fraction of sp³-hybridized carbons (Fsp3) is 0.351. The summed E-state index contributed by atoms with van der Waals surface area (Å²) < 4.78 is 36.3. The molecule has 1 atom stereocenters. The van der Waals surface area contributed by atoms with Crippen LogP contribution in [0.1, 0.15) is 41.0 Å². The number of nitrogens with zero attached hydrogens (tertiary/aromatic N) is 1. The minimum atomic E-state index is -4.77. The van der Waals surface area contributed by atoms with Gasteiger partial charge in [-0.3, -0.25) is 23.7 Å². The van der Waals surface area contributed by atoms with Crippen molar-refractivity contribution in [1.82, 2.24) is 15.7 Å². The van der Waals surface area contributed by atoms with E-state index in [2.05, 4.69) is 19.9 Å². The first-order valence-corrected chi connectivity index (χ1v) is 21.5. The second kappa shape index (κ2) is 21.2. The van der Waals surface area contributed by atoms with Crippen molar-refractivity contribution in [2.75, 3.05) is 45.8 Å². The van der Waals surface area contributed by atoms with E-state index in [4.69, 9.17) is 28.8 Å². The number of methoxy groups -OCH3 is 1. The van der Waals surface area contributed by atoms with Gasteiger partial charge in [-0.15, -0.1) is 0 Å². The number of hydrogen-bond donors (Lipinski definition) is 4. The van der Waals surface area contributed by atoms with Crippen LogP contribution in [0.15, 0.2) is 71.6 Å². The monoisotopic (exact) mass is 861 g/mol. The van der Waals surface area contributed by atoms with Crippen LogP contribution in [0.3, 0.4) is 0 Å². The van der Waals surface area contributed by atoms with Crippen molar-refractivity contribution >= 4 is 65.3 Å². The summed E-state index contributed by atoms with van der Waals surface area (Å²) in [7, 11) is -1.10. The highest BCUT2D eigenvalue weighted by atomic mass is 33.1. The Labute approximate surface area is 340 Å². The van der Waals surface area contributed by atoms with E-state index >= 15 is 0 Å².